The van der Waals surface area contributed by atoms with Crippen molar-refractivity contribution in [2.24, 2.45) is 0 Å². The quantitative estimate of drug-likeness (QED) is 0.682. The van der Waals surface area contributed by atoms with Crippen molar-refractivity contribution in [1.29, 1.82) is 0 Å². The zero-order valence-electron chi connectivity index (χ0n) is 14.7. The van der Waals surface area contributed by atoms with Crippen LogP contribution in [0.15, 0.2) is 54.6 Å². The van der Waals surface area contributed by atoms with Crippen LogP contribution in [0.3, 0.4) is 0 Å². The van der Waals surface area contributed by atoms with Gasteiger partial charge in [0.15, 0.2) is 0 Å². The van der Waals surface area contributed by atoms with E-state index in [-0.39, 0.29) is 30.7 Å². The highest BCUT2D eigenvalue weighted by atomic mass is 16.2. The van der Waals surface area contributed by atoms with Gasteiger partial charge in [-0.15, -0.1) is 0 Å². The second kappa shape index (κ2) is 9.98. The van der Waals surface area contributed by atoms with E-state index in [1.54, 1.807) is 31.2 Å². The zero-order valence-corrected chi connectivity index (χ0v) is 14.7. The van der Waals surface area contributed by atoms with E-state index in [0.717, 1.165) is 5.56 Å². The summed E-state index contributed by atoms with van der Waals surface area (Å²) in [5, 5.41) is 8.23. The van der Waals surface area contributed by atoms with Crippen LogP contribution in [-0.2, 0) is 20.8 Å². The van der Waals surface area contributed by atoms with Gasteiger partial charge < -0.3 is 16.0 Å². The molecule has 2 aromatic carbocycles. The molecule has 0 bridgehead atoms. The molecule has 6 heteroatoms. The van der Waals surface area contributed by atoms with Crippen molar-refractivity contribution in [3.05, 3.63) is 60.2 Å². The van der Waals surface area contributed by atoms with Gasteiger partial charge in [0.05, 0.1) is 6.42 Å². The molecule has 0 atom stereocenters. The highest BCUT2D eigenvalue weighted by molar-refractivity contribution is 5.94. The minimum Gasteiger partial charge on any atom is -0.355 e. The lowest BCUT2D eigenvalue weighted by Crippen LogP contribution is -2.28. The average molecular weight is 353 g/mol. The SMILES string of the molecule is CCC(=O)Nc1cccc(NC(=O)CCNC(=O)Cc2ccccc2)c1. The van der Waals surface area contributed by atoms with Crippen LogP contribution >= 0.6 is 0 Å². The summed E-state index contributed by atoms with van der Waals surface area (Å²) in [6, 6.07) is 16.4. The Bertz CT molecular complexity index is 760. The summed E-state index contributed by atoms with van der Waals surface area (Å²) in [6.45, 7) is 2.04. The molecule has 0 fully saturated rings. The number of rotatable bonds is 8. The first-order valence-corrected chi connectivity index (χ1v) is 8.57. The number of hydrogen-bond donors (Lipinski definition) is 3. The molecule has 0 unspecified atom stereocenters. The predicted octanol–water partition coefficient (Wildman–Crippen LogP) is 2.72. The van der Waals surface area contributed by atoms with Gasteiger partial charge in [-0.2, -0.15) is 0 Å². The summed E-state index contributed by atoms with van der Waals surface area (Å²) >= 11 is 0. The summed E-state index contributed by atoms with van der Waals surface area (Å²) in [4.78, 5) is 35.2. The Hall–Kier alpha value is -3.15. The molecule has 2 rings (SSSR count). The number of amides is 3. The fourth-order valence-corrected chi connectivity index (χ4v) is 2.31. The monoisotopic (exact) mass is 353 g/mol. The fourth-order valence-electron chi connectivity index (χ4n) is 2.31. The molecule has 0 aromatic heterocycles. The summed E-state index contributed by atoms with van der Waals surface area (Å²) in [7, 11) is 0. The summed E-state index contributed by atoms with van der Waals surface area (Å²) in [5.74, 6) is -0.410. The minimum absolute atomic E-state index is 0.0883. The molecule has 0 aliphatic carbocycles. The van der Waals surface area contributed by atoms with Gasteiger partial charge in [-0.1, -0.05) is 43.3 Å². The molecule has 0 saturated carbocycles. The summed E-state index contributed by atoms with van der Waals surface area (Å²) in [5.41, 5.74) is 2.16. The van der Waals surface area contributed by atoms with Crippen LogP contribution in [-0.4, -0.2) is 24.3 Å². The first kappa shape index (κ1) is 19.2. The van der Waals surface area contributed by atoms with E-state index in [4.69, 9.17) is 0 Å². The predicted molar refractivity (Wildman–Crippen MR) is 102 cm³/mol. The smallest absolute Gasteiger partial charge is 0.226 e. The van der Waals surface area contributed by atoms with E-state index in [2.05, 4.69) is 16.0 Å². The Morgan fingerprint density at radius 1 is 0.808 bits per heavy atom. The summed E-state index contributed by atoms with van der Waals surface area (Å²) < 4.78 is 0. The highest BCUT2D eigenvalue weighted by Crippen LogP contribution is 2.15. The van der Waals surface area contributed by atoms with Crippen molar-refractivity contribution in [3.63, 3.8) is 0 Å². The number of nitrogens with one attached hydrogen (secondary N) is 3. The summed E-state index contributed by atoms with van der Waals surface area (Å²) in [6.07, 6.45) is 0.854. The molecule has 3 amide bonds. The number of carbonyl (C=O) groups excluding carboxylic acids is 3. The third kappa shape index (κ3) is 6.76. The van der Waals surface area contributed by atoms with Gasteiger partial charge in [0, 0.05) is 30.8 Å². The van der Waals surface area contributed by atoms with Crippen molar-refractivity contribution >= 4 is 29.1 Å². The molecule has 0 heterocycles. The third-order valence-corrected chi connectivity index (χ3v) is 3.63. The number of anilines is 2. The Morgan fingerprint density at radius 2 is 1.46 bits per heavy atom. The molecule has 6 nitrogen and oxygen atoms in total. The number of benzene rings is 2. The first-order chi connectivity index (χ1) is 12.6. The number of hydrogen-bond acceptors (Lipinski definition) is 3. The van der Waals surface area contributed by atoms with Crippen LogP contribution in [0.2, 0.25) is 0 Å². The maximum Gasteiger partial charge on any atom is 0.226 e. The molecule has 0 aliphatic heterocycles. The molecule has 26 heavy (non-hydrogen) atoms. The van der Waals surface area contributed by atoms with Gasteiger partial charge in [0.25, 0.3) is 0 Å². The normalized spacial score (nSPS) is 10.0. The van der Waals surface area contributed by atoms with Gasteiger partial charge in [0.2, 0.25) is 17.7 Å². The maximum atomic E-state index is 12.0. The molecule has 0 spiro atoms. The van der Waals surface area contributed by atoms with E-state index in [9.17, 15) is 14.4 Å². The molecule has 0 radical (unpaired) electrons. The van der Waals surface area contributed by atoms with Crippen molar-refractivity contribution in [1.82, 2.24) is 5.32 Å². The largest absolute Gasteiger partial charge is 0.355 e. The van der Waals surface area contributed by atoms with Crippen LogP contribution in [0.5, 0.6) is 0 Å². The van der Waals surface area contributed by atoms with E-state index in [1.807, 2.05) is 30.3 Å². The topological polar surface area (TPSA) is 87.3 Å². The molecule has 136 valence electrons. The number of carbonyl (C=O) groups is 3. The first-order valence-electron chi connectivity index (χ1n) is 8.57. The Morgan fingerprint density at radius 3 is 2.12 bits per heavy atom. The maximum absolute atomic E-state index is 12.0. The van der Waals surface area contributed by atoms with E-state index in [0.29, 0.717) is 24.2 Å². The Balaban J connectivity index is 1.74. The second-order valence-corrected chi connectivity index (χ2v) is 5.79. The minimum atomic E-state index is -0.205. The highest BCUT2D eigenvalue weighted by Gasteiger charge is 2.07. The van der Waals surface area contributed by atoms with Crippen molar-refractivity contribution in [2.75, 3.05) is 17.2 Å². The standard InChI is InChI=1S/C20H23N3O3/c1-2-18(24)22-16-9-6-10-17(14-16)23-19(25)11-12-21-20(26)13-15-7-4-3-5-8-15/h3-10,14H,2,11-13H2,1H3,(H,21,26)(H,22,24)(H,23,25). The third-order valence-electron chi connectivity index (χ3n) is 3.63. The van der Waals surface area contributed by atoms with Gasteiger partial charge in [0.1, 0.15) is 0 Å². The average Bonchev–Trinajstić information content (AvgIpc) is 2.62. The Labute approximate surface area is 153 Å². The van der Waals surface area contributed by atoms with Crippen LogP contribution < -0.4 is 16.0 Å². The van der Waals surface area contributed by atoms with E-state index in [1.165, 1.54) is 0 Å². The van der Waals surface area contributed by atoms with Crippen LogP contribution in [0, 0.1) is 0 Å². The van der Waals surface area contributed by atoms with Crippen molar-refractivity contribution in [2.45, 2.75) is 26.2 Å². The molecule has 2 aromatic rings. The fraction of sp³-hybridized carbons (Fsp3) is 0.250. The zero-order chi connectivity index (χ0) is 18.8. The lowest BCUT2D eigenvalue weighted by atomic mass is 10.1. The van der Waals surface area contributed by atoms with Gasteiger partial charge in [-0.25, -0.2) is 0 Å². The Kier molecular flexibility index (Phi) is 7.36. The van der Waals surface area contributed by atoms with Crippen molar-refractivity contribution in [3.8, 4) is 0 Å². The van der Waals surface area contributed by atoms with Gasteiger partial charge in [-0.05, 0) is 23.8 Å². The molecule has 3 N–H and O–H groups in total. The van der Waals surface area contributed by atoms with Crippen molar-refractivity contribution < 1.29 is 14.4 Å². The lowest BCUT2D eigenvalue weighted by Gasteiger charge is -2.09. The van der Waals surface area contributed by atoms with Gasteiger partial charge in [-0.3, -0.25) is 14.4 Å². The van der Waals surface area contributed by atoms with E-state index >= 15 is 0 Å². The molecular weight excluding hydrogens is 330 g/mol. The van der Waals surface area contributed by atoms with Crippen LogP contribution in [0.25, 0.3) is 0 Å². The molecule has 0 saturated heterocycles. The van der Waals surface area contributed by atoms with Crippen LogP contribution in [0.4, 0.5) is 11.4 Å². The van der Waals surface area contributed by atoms with E-state index < -0.39 is 0 Å². The van der Waals surface area contributed by atoms with Crippen LogP contribution in [0.1, 0.15) is 25.3 Å². The molecule has 0 aliphatic rings. The van der Waals surface area contributed by atoms with Gasteiger partial charge >= 0.3 is 0 Å². The molecular formula is C20H23N3O3. The second-order valence-electron chi connectivity index (χ2n) is 5.79. The lowest BCUT2D eigenvalue weighted by molar-refractivity contribution is -0.120.